The van der Waals surface area contributed by atoms with Crippen LogP contribution in [-0.2, 0) is 0 Å². The van der Waals surface area contributed by atoms with Crippen molar-refractivity contribution < 1.29 is 19.8 Å². The van der Waals surface area contributed by atoms with E-state index in [-0.39, 0.29) is 10.8 Å². The minimum Gasteiger partial charge on any atom is -0.868 e. The Kier molecular flexibility index (Phi) is 3.58. The molecule has 1 unspecified atom stereocenters. The van der Waals surface area contributed by atoms with Crippen molar-refractivity contribution in [2.75, 3.05) is 12.5 Å². The van der Waals surface area contributed by atoms with Crippen LogP contribution >= 0.6 is 11.3 Å². The molecule has 0 aromatic carbocycles. The summed E-state index contributed by atoms with van der Waals surface area (Å²) in [5, 5.41) is 31.6. The van der Waals surface area contributed by atoms with Crippen LogP contribution in [0.15, 0.2) is 30.2 Å². The molecule has 1 aromatic rings. The highest BCUT2D eigenvalue weighted by atomic mass is 32.1. The maximum absolute atomic E-state index is 11.6. The van der Waals surface area contributed by atoms with Gasteiger partial charge in [-0.05, 0) is 23.2 Å². The monoisotopic (exact) mass is 282 g/mol. The summed E-state index contributed by atoms with van der Waals surface area (Å²) >= 11 is 0.864. The molecule has 2 N–H and O–H groups in total. The number of hydrazine groups is 1. The van der Waals surface area contributed by atoms with E-state index < -0.39 is 11.0 Å². The predicted octanol–water partition coefficient (Wildman–Crippen LogP) is -0.364. The molecule has 1 aromatic heterocycles. The van der Waals surface area contributed by atoms with Gasteiger partial charge >= 0.3 is 5.00 Å². The number of anilines is 1. The smallest absolute Gasteiger partial charge is 0.345 e. The number of rotatable bonds is 3. The first-order valence-corrected chi connectivity index (χ1v) is 6.02. The molecule has 0 radical (unpaired) electrons. The SMILES string of the molecule is C[N+](Nc1ncc([N+](=O)[O-])s1)=C1C=CC(O)C=C1[O-]. The Balaban J connectivity index is 2.20. The zero-order chi connectivity index (χ0) is 14.0. The van der Waals surface area contributed by atoms with Gasteiger partial charge in [-0.15, -0.1) is 10.1 Å². The number of hydrogen-bond donors (Lipinski definition) is 2. The number of aliphatic hydroxyl groups excluding tert-OH is 1. The second-order valence-electron chi connectivity index (χ2n) is 3.70. The summed E-state index contributed by atoms with van der Waals surface area (Å²) in [7, 11) is 1.58. The Morgan fingerprint density at radius 3 is 2.89 bits per heavy atom. The first-order valence-electron chi connectivity index (χ1n) is 5.20. The summed E-state index contributed by atoms with van der Waals surface area (Å²) in [6.45, 7) is 0. The number of aromatic nitrogens is 1. The molecule has 9 heteroatoms. The van der Waals surface area contributed by atoms with Gasteiger partial charge < -0.3 is 10.2 Å². The van der Waals surface area contributed by atoms with Crippen molar-refractivity contribution in [1.29, 1.82) is 0 Å². The molecule has 19 heavy (non-hydrogen) atoms. The molecule has 0 saturated carbocycles. The summed E-state index contributed by atoms with van der Waals surface area (Å²) < 4.78 is 1.39. The van der Waals surface area contributed by atoms with Gasteiger partial charge in [0.25, 0.3) is 0 Å². The van der Waals surface area contributed by atoms with Gasteiger partial charge in [-0.1, -0.05) is 6.08 Å². The van der Waals surface area contributed by atoms with Gasteiger partial charge in [0.1, 0.15) is 6.20 Å². The van der Waals surface area contributed by atoms with Crippen molar-refractivity contribution in [3.8, 4) is 0 Å². The van der Waals surface area contributed by atoms with Crippen LogP contribution in [0.25, 0.3) is 0 Å². The predicted molar refractivity (Wildman–Crippen MR) is 66.8 cm³/mol. The molecule has 1 heterocycles. The van der Waals surface area contributed by atoms with Gasteiger partial charge in [0.15, 0.2) is 7.05 Å². The van der Waals surface area contributed by atoms with E-state index >= 15 is 0 Å². The lowest BCUT2D eigenvalue weighted by Crippen LogP contribution is -2.30. The lowest BCUT2D eigenvalue weighted by molar-refractivity contribution is -0.468. The van der Waals surface area contributed by atoms with Gasteiger partial charge in [0.2, 0.25) is 10.8 Å². The molecular weight excluding hydrogens is 272 g/mol. The molecule has 0 amide bonds. The number of hydrazone groups is 1. The van der Waals surface area contributed by atoms with Crippen molar-refractivity contribution in [2.24, 2.45) is 0 Å². The second-order valence-corrected chi connectivity index (χ2v) is 4.71. The fourth-order valence-corrected chi connectivity index (χ4v) is 2.12. The molecule has 100 valence electrons. The number of nitro groups is 1. The lowest BCUT2D eigenvalue weighted by atomic mass is 10.1. The van der Waals surface area contributed by atoms with E-state index in [0.717, 1.165) is 23.6 Å². The zero-order valence-electron chi connectivity index (χ0n) is 9.81. The Morgan fingerprint density at radius 2 is 2.32 bits per heavy atom. The molecule has 0 spiro atoms. The van der Waals surface area contributed by atoms with Crippen LogP contribution in [0.1, 0.15) is 0 Å². The number of allylic oxidation sites excluding steroid dienone is 1. The number of nitrogens with zero attached hydrogens (tertiary/aromatic N) is 3. The van der Waals surface area contributed by atoms with Gasteiger partial charge in [-0.3, -0.25) is 10.1 Å². The Hall–Kier alpha value is -2.26. The van der Waals surface area contributed by atoms with E-state index in [9.17, 15) is 20.3 Å². The highest BCUT2D eigenvalue weighted by molar-refractivity contribution is 7.18. The molecule has 1 atom stereocenters. The van der Waals surface area contributed by atoms with Crippen LogP contribution in [0.2, 0.25) is 0 Å². The average molecular weight is 282 g/mol. The second kappa shape index (κ2) is 5.16. The number of thiazole rings is 1. The van der Waals surface area contributed by atoms with Crippen molar-refractivity contribution >= 4 is 27.2 Å². The minimum atomic E-state index is -0.884. The van der Waals surface area contributed by atoms with Gasteiger partial charge in [-0.2, -0.15) is 0 Å². The van der Waals surface area contributed by atoms with Crippen LogP contribution in [0.4, 0.5) is 10.1 Å². The number of hydrogen-bond acceptors (Lipinski definition) is 7. The molecule has 0 saturated heterocycles. The normalized spacial score (nSPS) is 20.9. The van der Waals surface area contributed by atoms with Crippen molar-refractivity contribution in [1.82, 2.24) is 4.98 Å². The fraction of sp³-hybridized carbons (Fsp3) is 0.200. The van der Waals surface area contributed by atoms with Crippen LogP contribution in [0.3, 0.4) is 0 Å². The third-order valence-electron chi connectivity index (χ3n) is 2.32. The quantitative estimate of drug-likeness (QED) is 0.444. The van der Waals surface area contributed by atoms with Crippen LogP contribution < -0.4 is 10.5 Å². The maximum atomic E-state index is 11.6. The molecule has 0 bridgehead atoms. The molecular formula is C10H10N4O4S. The molecule has 1 aliphatic rings. The van der Waals surface area contributed by atoms with E-state index in [1.807, 2.05) is 0 Å². The third kappa shape index (κ3) is 2.95. The molecule has 2 rings (SSSR count). The summed E-state index contributed by atoms with van der Waals surface area (Å²) in [6, 6.07) is 0. The first-order chi connectivity index (χ1) is 8.97. The van der Waals surface area contributed by atoms with Gasteiger partial charge in [0, 0.05) is 6.08 Å². The van der Waals surface area contributed by atoms with Crippen molar-refractivity contribution in [3.05, 3.63) is 40.3 Å². The van der Waals surface area contributed by atoms with Crippen LogP contribution in [0.5, 0.6) is 0 Å². The van der Waals surface area contributed by atoms with E-state index in [1.54, 1.807) is 7.05 Å². The molecule has 1 aliphatic carbocycles. The molecule has 0 aliphatic heterocycles. The van der Waals surface area contributed by atoms with Gasteiger partial charge in [0.05, 0.1) is 11.0 Å². The average Bonchev–Trinajstić information content (AvgIpc) is 2.77. The van der Waals surface area contributed by atoms with E-state index in [4.69, 9.17) is 0 Å². The Bertz CT molecular complexity index is 604. The number of nitrogens with one attached hydrogen (secondary N) is 1. The van der Waals surface area contributed by atoms with Crippen molar-refractivity contribution in [2.45, 2.75) is 6.10 Å². The van der Waals surface area contributed by atoms with E-state index in [2.05, 4.69) is 10.4 Å². The van der Waals surface area contributed by atoms with Gasteiger partial charge in [-0.25, -0.2) is 4.98 Å². The highest BCUT2D eigenvalue weighted by Crippen LogP contribution is 2.24. The van der Waals surface area contributed by atoms with Crippen molar-refractivity contribution in [3.63, 3.8) is 0 Å². The maximum Gasteiger partial charge on any atom is 0.345 e. The summed E-state index contributed by atoms with van der Waals surface area (Å²) in [6.07, 6.45) is 4.35. The lowest BCUT2D eigenvalue weighted by Gasteiger charge is -2.15. The van der Waals surface area contributed by atoms with Crippen LogP contribution in [-0.4, -0.2) is 38.6 Å². The highest BCUT2D eigenvalue weighted by Gasteiger charge is 2.17. The van der Waals surface area contributed by atoms with E-state index in [0.29, 0.717) is 10.8 Å². The summed E-state index contributed by atoms with van der Waals surface area (Å²) in [5.41, 5.74) is 3.07. The topological polar surface area (TPSA) is 114 Å². The third-order valence-corrected chi connectivity index (χ3v) is 3.18. The van der Waals surface area contributed by atoms with E-state index in [1.165, 1.54) is 16.8 Å². The largest absolute Gasteiger partial charge is 0.868 e. The first kappa shape index (κ1) is 13.2. The minimum absolute atomic E-state index is 0.0894. The van der Waals surface area contributed by atoms with Crippen LogP contribution in [0, 0.1) is 10.1 Å². The summed E-state index contributed by atoms with van der Waals surface area (Å²) in [4.78, 5) is 13.8. The standard InChI is InChI=1S/C10H10N4O4S/c1-13(7-3-2-6(15)4-8(7)16)12-10-11-5-9(19-10)14(17)18/h2-6,15H,1H3,(H-,11,12,16). The Morgan fingerprint density at radius 1 is 1.58 bits per heavy atom. The zero-order valence-corrected chi connectivity index (χ0v) is 10.6. The molecule has 8 nitrogen and oxygen atoms in total. The number of aliphatic hydroxyl groups is 1. The summed E-state index contributed by atoms with van der Waals surface area (Å²) in [5.74, 6) is -0.337. The molecule has 0 fully saturated rings. The Labute approximate surface area is 111 Å². The fourth-order valence-electron chi connectivity index (χ4n) is 1.45.